The van der Waals surface area contributed by atoms with E-state index in [1.165, 1.54) is 6.07 Å². The monoisotopic (exact) mass is 440 g/mol. The average Bonchev–Trinajstić information content (AvgIpc) is 2.80. The Hall–Kier alpha value is -4.21. The van der Waals surface area contributed by atoms with E-state index in [4.69, 9.17) is 0 Å². The topological polar surface area (TPSA) is 135 Å². The summed E-state index contributed by atoms with van der Waals surface area (Å²) in [5.74, 6) is -0.823. The van der Waals surface area contributed by atoms with Gasteiger partial charge in [0.05, 0.1) is 25.6 Å². The lowest BCUT2D eigenvalue weighted by atomic mass is 10.0. The van der Waals surface area contributed by atoms with E-state index in [1.54, 1.807) is 42.5 Å². The smallest absolute Gasteiger partial charge is 0.436 e. The maximum absolute atomic E-state index is 12.9. The molecule has 0 bridgehead atoms. The molecule has 0 spiro atoms. The van der Waals surface area contributed by atoms with Crippen LogP contribution in [0.25, 0.3) is 0 Å². The number of methoxy groups -OCH3 is 2. The number of nitrogens with zero attached hydrogens (tertiary/aromatic N) is 1. The first-order valence-corrected chi connectivity index (χ1v) is 9.70. The molecule has 10 heteroatoms. The quantitative estimate of drug-likeness (QED) is 0.355. The Labute approximate surface area is 185 Å². The average molecular weight is 440 g/mol. The predicted molar refractivity (Wildman–Crippen MR) is 119 cm³/mol. The fourth-order valence-corrected chi connectivity index (χ4v) is 2.59. The van der Waals surface area contributed by atoms with Gasteiger partial charge in [0.25, 0.3) is 0 Å². The molecule has 10 nitrogen and oxygen atoms in total. The molecule has 0 saturated carbocycles. The van der Waals surface area contributed by atoms with E-state index >= 15 is 0 Å². The van der Waals surface area contributed by atoms with Crippen molar-refractivity contribution < 1.29 is 28.7 Å². The van der Waals surface area contributed by atoms with Crippen molar-refractivity contribution in [3.05, 3.63) is 59.7 Å². The summed E-state index contributed by atoms with van der Waals surface area (Å²) in [7, 11) is 2.26. The molecule has 3 N–H and O–H groups in total. The summed E-state index contributed by atoms with van der Waals surface area (Å²) in [6, 6.07) is 13.2. The minimum absolute atomic E-state index is 0.218. The zero-order chi connectivity index (χ0) is 23.5. The van der Waals surface area contributed by atoms with Gasteiger partial charge in [0.1, 0.15) is 0 Å². The lowest BCUT2D eigenvalue weighted by Gasteiger charge is -2.16. The normalized spacial score (nSPS) is 10.7. The molecular formula is C22H24N4O6. The van der Waals surface area contributed by atoms with Gasteiger partial charge in [-0.3, -0.25) is 14.9 Å². The SMILES string of the molecule is CCCC(=O)Nc1ccc(C(=O)c2ccccc2)cc1NC(=NC(=O)OC)NC(=O)OC. The zero-order valence-corrected chi connectivity index (χ0v) is 17.9. The Morgan fingerprint density at radius 1 is 0.875 bits per heavy atom. The second kappa shape index (κ2) is 11.8. The van der Waals surface area contributed by atoms with Crippen molar-refractivity contribution in [1.29, 1.82) is 0 Å². The minimum Gasteiger partial charge on any atom is -0.453 e. The first kappa shape index (κ1) is 24.1. The summed E-state index contributed by atoms with van der Waals surface area (Å²) in [6.07, 6.45) is -0.962. The lowest BCUT2D eigenvalue weighted by molar-refractivity contribution is -0.116. The van der Waals surface area contributed by atoms with Gasteiger partial charge in [0.2, 0.25) is 11.9 Å². The third kappa shape index (κ3) is 6.94. The van der Waals surface area contributed by atoms with Crippen LogP contribution in [0.15, 0.2) is 53.5 Å². The number of ether oxygens (including phenoxy) is 2. The van der Waals surface area contributed by atoms with Crippen molar-refractivity contribution in [2.45, 2.75) is 19.8 Å². The Kier molecular flexibility index (Phi) is 8.91. The van der Waals surface area contributed by atoms with Gasteiger partial charge >= 0.3 is 12.2 Å². The Morgan fingerprint density at radius 2 is 1.59 bits per heavy atom. The van der Waals surface area contributed by atoms with E-state index < -0.39 is 12.2 Å². The summed E-state index contributed by atoms with van der Waals surface area (Å²) in [4.78, 5) is 51.9. The van der Waals surface area contributed by atoms with E-state index in [1.807, 2.05) is 6.92 Å². The van der Waals surface area contributed by atoms with Crippen LogP contribution in [0.1, 0.15) is 35.7 Å². The fourth-order valence-electron chi connectivity index (χ4n) is 2.59. The van der Waals surface area contributed by atoms with E-state index in [0.717, 1.165) is 14.2 Å². The molecule has 2 aromatic carbocycles. The summed E-state index contributed by atoms with van der Waals surface area (Å²) >= 11 is 0. The molecule has 0 unspecified atom stereocenters. The second-order valence-electron chi connectivity index (χ2n) is 6.43. The van der Waals surface area contributed by atoms with Crippen molar-refractivity contribution >= 4 is 41.2 Å². The molecule has 0 saturated heterocycles. The van der Waals surface area contributed by atoms with Gasteiger partial charge < -0.3 is 20.1 Å². The summed E-state index contributed by atoms with van der Waals surface area (Å²) in [6.45, 7) is 1.86. The highest BCUT2D eigenvalue weighted by Gasteiger charge is 2.16. The summed E-state index contributed by atoms with van der Waals surface area (Å²) in [5.41, 5.74) is 1.31. The van der Waals surface area contributed by atoms with Gasteiger partial charge in [-0.1, -0.05) is 37.3 Å². The van der Waals surface area contributed by atoms with Gasteiger partial charge in [0.15, 0.2) is 5.78 Å². The van der Waals surface area contributed by atoms with Crippen LogP contribution in [-0.2, 0) is 14.3 Å². The lowest BCUT2D eigenvalue weighted by Crippen LogP contribution is -2.37. The van der Waals surface area contributed by atoms with Gasteiger partial charge in [-0.2, -0.15) is 0 Å². The van der Waals surface area contributed by atoms with E-state index in [-0.39, 0.29) is 29.8 Å². The number of rotatable bonds is 6. The van der Waals surface area contributed by atoms with Crippen LogP contribution in [0.2, 0.25) is 0 Å². The number of carbonyl (C=O) groups is 4. The number of alkyl carbamates (subject to hydrolysis) is 1. The molecule has 0 fully saturated rings. The van der Waals surface area contributed by atoms with Crippen LogP contribution in [-0.4, -0.2) is 44.1 Å². The van der Waals surface area contributed by atoms with Gasteiger partial charge in [-0.05, 0) is 24.6 Å². The van der Waals surface area contributed by atoms with Crippen LogP contribution in [0, 0.1) is 0 Å². The fraction of sp³-hybridized carbons (Fsp3) is 0.227. The number of nitrogens with one attached hydrogen (secondary N) is 3. The van der Waals surface area contributed by atoms with Crippen LogP contribution in [0.5, 0.6) is 0 Å². The number of hydrogen-bond donors (Lipinski definition) is 3. The first-order chi connectivity index (χ1) is 15.4. The number of guanidine groups is 1. The molecule has 0 aliphatic carbocycles. The number of amides is 3. The second-order valence-corrected chi connectivity index (χ2v) is 6.43. The molecule has 0 radical (unpaired) electrons. The number of ketones is 1. The number of carbonyl (C=O) groups excluding carboxylic acids is 4. The Balaban J connectivity index is 2.46. The highest BCUT2D eigenvalue weighted by molar-refractivity contribution is 6.12. The third-order valence-corrected chi connectivity index (χ3v) is 4.11. The third-order valence-electron chi connectivity index (χ3n) is 4.11. The Morgan fingerprint density at radius 3 is 2.22 bits per heavy atom. The minimum atomic E-state index is -0.989. The molecule has 2 rings (SSSR count). The van der Waals surface area contributed by atoms with Gasteiger partial charge in [-0.25, -0.2) is 9.59 Å². The van der Waals surface area contributed by atoms with Crippen LogP contribution in [0.3, 0.4) is 0 Å². The van der Waals surface area contributed by atoms with E-state index in [0.29, 0.717) is 23.2 Å². The predicted octanol–water partition coefficient (Wildman–Crippen LogP) is 3.55. The number of anilines is 2. The number of aliphatic imine (C=N–C) groups is 1. The largest absolute Gasteiger partial charge is 0.453 e. The van der Waals surface area contributed by atoms with Crippen molar-refractivity contribution in [2.75, 3.05) is 24.9 Å². The van der Waals surface area contributed by atoms with Gasteiger partial charge in [0, 0.05) is 17.5 Å². The zero-order valence-electron chi connectivity index (χ0n) is 17.9. The van der Waals surface area contributed by atoms with Crippen molar-refractivity contribution in [3.63, 3.8) is 0 Å². The standard InChI is InChI=1S/C22H24N4O6/c1-4-8-18(27)23-16-12-11-15(19(28)14-9-6-5-7-10-14)13-17(16)24-20(25-21(29)31-2)26-22(30)32-3/h5-7,9-13H,4,8H2,1-3H3,(H,23,27)(H2,24,25,26,29,30). The van der Waals surface area contributed by atoms with Crippen LogP contribution >= 0.6 is 0 Å². The molecule has 0 aromatic heterocycles. The molecule has 0 atom stereocenters. The van der Waals surface area contributed by atoms with E-state index in [2.05, 4.69) is 30.4 Å². The molecule has 0 aliphatic rings. The first-order valence-electron chi connectivity index (χ1n) is 9.70. The van der Waals surface area contributed by atoms with E-state index in [9.17, 15) is 19.2 Å². The van der Waals surface area contributed by atoms with Gasteiger partial charge in [-0.15, -0.1) is 4.99 Å². The highest BCUT2D eigenvalue weighted by atomic mass is 16.5. The molecule has 3 amide bonds. The van der Waals surface area contributed by atoms with Crippen LogP contribution < -0.4 is 16.0 Å². The molecule has 0 heterocycles. The molecule has 0 aliphatic heterocycles. The molecular weight excluding hydrogens is 416 g/mol. The molecule has 168 valence electrons. The molecule has 2 aromatic rings. The van der Waals surface area contributed by atoms with Crippen molar-refractivity contribution in [2.24, 2.45) is 4.99 Å². The number of hydrogen-bond acceptors (Lipinski definition) is 6. The van der Waals surface area contributed by atoms with Crippen molar-refractivity contribution in [3.8, 4) is 0 Å². The maximum atomic E-state index is 12.9. The maximum Gasteiger partial charge on any atom is 0.436 e. The molecule has 32 heavy (non-hydrogen) atoms. The highest BCUT2D eigenvalue weighted by Crippen LogP contribution is 2.25. The van der Waals surface area contributed by atoms with Crippen molar-refractivity contribution in [1.82, 2.24) is 5.32 Å². The Bertz CT molecular complexity index is 1020. The number of benzene rings is 2. The van der Waals surface area contributed by atoms with Crippen LogP contribution in [0.4, 0.5) is 21.0 Å². The summed E-state index contributed by atoms with van der Waals surface area (Å²) < 4.78 is 9.03. The summed E-state index contributed by atoms with van der Waals surface area (Å²) in [5, 5.41) is 7.72.